The van der Waals surface area contributed by atoms with Crippen molar-refractivity contribution in [2.45, 2.75) is 5.16 Å². The van der Waals surface area contributed by atoms with Gasteiger partial charge in [-0.15, -0.1) is 0 Å². The van der Waals surface area contributed by atoms with Crippen molar-refractivity contribution in [2.24, 2.45) is 0 Å². The quantitative estimate of drug-likeness (QED) is 0.669. The van der Waals surface area contributed by atoms with Gasteiger partial charge in [0.25, 0.3) is 5.91 Å². The lowest BCUT2D eigenvalue weighted by molar-refractivity contribution is 0.0688. The van der Waals surface area contributed by atoms with Crippen LogP contribution in [-0.4, -0.2) is 32.8 Å². The fraction of sp³-hybridized carbons (Fsp3) is 0.0556. The predicted octanol–water partition coefficient (Wildman–Crippen LogP) is 3.68. The second-order valence-corrected chi connectivity index (χ2v) is 6.01. The standard InChI is InChI=1S/C18H14FN3O3S/c1-26-18-21-15(20-16(23)11-7-9-12(19)10-8-11)14(17(24)25)22(18)13-5-3-2-4-6-13/h2-10H,1H3,(H,20,23)(H,24,25). The highest BCUT2D eigenvalue weighted by Crippen LogP contribution is 2.28. The van der Waals surface area contributed by atoms with Gasteiger partial charge in [-0.2, -0.15) is 0 Å². The van der Waals surface area contributed by atoms with E-state index in [9.17, 15) is 19.1 Å². The monoisotopic (exact) mass is 371 g/mol. The molecule has 3 rings (SSSR count). The molecule has 0 aliphatic carbocycles. The van der Waals surface area contributed by atoms with Gasteiger partial charge in [0.2, 0.25) is 0 Å². The minimum absolute atomic E-state index is 0.0694. The van der Waals surface area contributed by atoms with Crippen molar-refractivity contribution in [2.75, 3.05) is 11.6 Å². The SMILES string of the molecule is CSc1nc(NC(=O)c2ccc(F)cc2)c(C(=O)O)n1-c1ccccc1. The number of hydrogen-bond donors (Lipinski definition) is 2. The lowest BCUT2D eigenvalue weighted by atomic mass is 10.2. The Morgan fingerprint density at radius 2 is 1.77 bits per heavy atom. The van der Waals surface area contributed by atoms with Gasteiger partial charge in [-0.1, -0.05) is 30.0 Å². The molecule has 0 bridgehead atoms. The van der Waals surface area contributed by atoms with E-state index >= 15 is 0 Å². The fourth-order valence-corrected chi connectivity index (χ4v) is 2.98. The molecular weight excluding hydrogens is 357 g/mol. The fourth-order valence-electron chi connectivity index (χ4n) is 2.42. The van der Waals surface area contributed by atoms with Crippen molar-refractivity contribution in [1.29, 1.82) is 0 Å². The zero-order chi connectivity index (χ0) is 18.7. The first-order valence-electron chi connectivity index (χ1n) is 7.53. The van der Waals surface area contributed by atoms with Gasteiger partial charge in [0.05, 0.1) is 0 Å². The zero-order valence-electron chi connectivity index (χ0n) is 13.6. The number of amides is 1. The van der Waals surface area contributed by atoms with Crippen molar-refractivity contribution < 1.29 is 19.1 Å². The van der Waals surface area contributed by atoms with Gasteiger partial charge in [-0.25, -0.2) is 14.2 Å². The van der Waals surface area contributed by atoms with E-state index in [0.29, 0.717) is 10.8 Å². The molecule has 8 heteroatoms. The lowest BCUT2D eigenvalue weighted by Gasteiger charge is -2.09. The molecule has 0 atom stereocenters. The average molecular weight is 371 g/mol. The number of hydrogen-bond acceptors (Lipinski definition) is 4. The van der Waals surface area contributed by atoms with E-state index in [1.807, 2.05) is 6.07 Å². The number of benzene rings is 2. The second-order valence-electron chi connectivity index (χ2n) is 5.23. The maximum atomic E-state index is 13.0. The number of rotatable bonds is 5. The number of carboxylic acid groups (broad SMARTS) is 1. The van der Waals surface area contributed by atoms with Crippen molar-refractivity contribution >= 4 is 29.5 Å². The Bertz CT molecular complexity index is 956. The molecule has 3 aromatic rings. The molecule has 2 aromatic carbocycles. The Kier molecular flexibility index (Phi) is 5.04. The van der Waals surface area contributed by atoms with Gasteiger partial charge >= 0.3 is 5.97 Å². The first kappa shape index (κ1) is 17.7. The van der Waals surface area contributed by atoms with Gasteiger partial charge in [0.1, 0.15) is 5.82 Å². The summed E-state index contributed by atoms with van der Waals surface area (Å²) in [4.78, 5) is 28.4. The van der Waals surface area contributed by atoms with Gasteiger partial charge in [-0.3, -0.25) is 9.36 Å². The summed E-state index contributed by atoms with van der Waals surface area (Å²) < 4.78 is 14.5. The summed E-state index contributed by atoms with van der Waals surface area (Å²) in [6.45, 7) is 0. The Morgan fingerprint density at radius 1 is 1.12 bits per heavy atom. The van der Waals surface area contributed by atoms with Crippen LogP contribution >= 0.6 is 11.8 Å². The molecule has 6 nitrogen and oxygen atoms in total. The molecule has 0 aliphatic rings. The first-order chi connectivity index (χ1) is 12.5. The Hall–Kier alpha value is -3.13. The Labute approximate surface area is 152 Å². The van der Waals surface area contributed by atoms with E-state index in [1.54, 1.807) is 30.5 Å². The van der Waals surface area contributed by atoms with Crippen molar-refractivity contribution in [1.82, 2.24) is 9.55 Å². The van der Waals surface area contributed by atoms with Crippen molar-refractivity contribution in [3.8, 4) is 5.69 Å². The summed E-state index contributed by atoms with van der Waals surface area (Å²) in [6.07, 6.45) is 1.76. The maximum absolute atomic E-state index is 13.0. The number of para-hydroxylation sites is 1. The van der Waals surface area contributed by atoms with Crippen LogP contribution in [0.15, 0.2) is 59.8 Å². The van der Waals surface area contributed by atoms with Gasteiger partial charge < -0.3 is 10.4 Å². The molecule has 1 heterocycles. The highest BCUT2D eigenvalue weighted by atomic mass is 32.2. The summed E-state index contributed by atoms with van der Waals surface area (Å²) in [7, 11) is 0. The smallest absolute Gasteiger partial charge is 0.356 e. The molecule has 0 spiro atoms. The van der Waals surface area contributed by atoms with Gasteiger partial charge in [0, 0.05) is 11.3 Å². The molecule has 0 aliphatic heterocycles. The molecule has 0 unspecified atom stereocenters. The van der Waals surface area contributed by atoms with E-state index in [2.05, 4.69) is 10.3 Å². The maximum Gasteiger partial charge on any atom is 0.356 e. The van der Waals surface area contributed by atoms with E-state index in [0.717, 1.165) is 12.1 Å². The molecule has 0 saturated carbocycles. The number of nitrogens with one attached hydrogen (secondary N) is 1. The number of aromatic nitrogens is 2. The van der Waals surface area contributed by atoms with Crippen LogP contribution in [0.3, 0.4) is 0 Å². The average Bonchev–Trinajstić information content (AvgIpc) is 3.01. The molecule has 0 radical (unpaired) electrons. The van der Waals surface area contributed by atoms with Gasteiger partial charge in [0.15, 0.2) is 16.7 Å². The minimum Gasteiger partial charge on any atom is -0.476 e. The summed E-state index contributed by atoms with van der Waals surface area (Å²) in [5, 5.41) is 12.6. The highest BCUT2D eigenvalue weighted by Gasteiger charge is 2.25. The molecule has 132 valence electrons. The van der Waals surface area contributed by atoms with Crippen LogP contribution in [0, 0.1) is 5.82 Å². The minimum atomic E-state index is -1.23. The summed E-state index contributed by atoms with van der Waals surface area (Å²) in [6, 6.07) is 13.8. The highest BCUT2D eigenvalue weighted by molar-refractivity contribution is 7.98. The van der Waals surface area contributed by atoms with Crippen LogP contribution < -0.4 is 5.32 Å². The van der Waals surface area contributed by atoms with E-state index in [-0.39, 0.29) is 17.1 Å². The topological polar surface area (TPSA) is 84.2 Å². The Morgan fingerprint density at radius 3 is 2.35 bits per heavy atom. The number of thioether (sulfide) groups is 1. The molecule has 2 N–H and O–H groups in total. The van der Waals surface area contributed by atoms with Crippen molar-refractivity contribution in [3.63, 3.8) is 0 Å². The first-order valence-corrected chi connectivity index (χ1v) is 8.76. The number of imidazole rings is 1. The normalized spacial score (nSPS) is 10.5. The van der Waals surface area contributed by atoms with Crippen LogP contribution in [-0.2, 0) is 0 Å². The molecule has 1 aromatic heterocycles. The zero-order valence-corrected chi connectivity index (χ0v) is 14.5. The molecular formula is C18H14FN3O3S. The van der Waals surface area contributed by atoms with Crippen molar-refractivity contribution in [3.05, 3.63) is 71.7 Å². The van der Waals surface area contributed by atoms with Crippen LogP contribution in [0.5, 0.6) is 0 Å². The summed E-state index contributed by atoms with van der Waals surface area (Å²) in [5.74, 6) is -2.33. The molecule has 0 fully saturated rings. The van der Waals surface area contributed by atoms with Crippen LogP contribution in [0.1, 0.15) is 20.8 Å². The van der Waals surface area contributed by atoms with Crippen LogP contribution in [0.2, 0.25) is 0 Å². The number of nitrogens with zero attached hydrogens (tertiary/aromatic N) is 2. The number of carbonyl (C=O) groups excluding carboxylic acids is 1. The van der Waals surface area contributed by atoms with E-state index < -0.39 is 17.7 Å². The Balaban J connectivity index is 2.05. The second kappa shape index (κ2) is 7.40. The van der Waals surface area contributed by atoms with E-state index in [4.69, 9.17) is 0 Å². The molecule has 26 heavy (non-hydrogen) atoms. The number of aromatic carboxylic acids is 1. The third-order valence-electron chi connectivity index (χ3n) is 3.58. The molecule has 0 saturated heterocycles. The van der Waals surface area contributed by atoms with Crippen LogP contribution in [0.4, 0.5) is 10.2 Å². The summed E-state index contributed by atoms with van der Waals surface area (Å²) >= 11 is 1.26. The van der Waals surface area contributed by atoms with E-state index in [1.165, 1.54) is 28.5 Å². The largest absolute Gasteiger partial charge is 0.476 e. The number of carboxylic acids is 1. The number of anilines is 1. The number of carbonyl (C=O) groups is 2. The van der Waals surface area contributed by atoms with Gasteiger partial charge in [-0.05, 0) is 42.7 Å². The van der Waals surface area contributed by atoms with Crippen LogP contribution in [0.25, 0.3) is 5.69 Å². The number of halogens is 1. The summed E-state index contributed by atoms with van der Waals surface area (Å²) in [5.41, 5.74) is 0.655. The molecule has 1 amide bonds. The lowest BCUT2D eigenvalue weighted by Crippen LogP contribution is -2.16. The third-order valence-corrected chi connectivity index (χ3v) is 4.22. The predicted molar refractivity (Wildman–Crippen MR) is 96.7 cm³/mol. The third kappa shape index (κ3) is 3.45.